The summed E-state index contributed by atoms with van der Waals surface area (Å²) in [5.74, 6) is -4.01. The standard InChI is InChI=1S/C16H13Cl2N3O5/c1-3-26-16(25)12-11-13(21(19-12)7(2)22)15(24)20(14(11)23)8-4-5-9(17)10(18)6-8/h4-6,11,13H,3H2,1-2H3. The van der Waals surface area contributed by atoms with Crippen molar-refractivity contribution >= 4 is 58.3 Å². The maximum atomic E-state index is 12.9. The SMILES string of the molecule is CCOC(=O)C1=NN(C(C)=O)C2C(=O)N(c3ccc(Cl)c(Cl)c3)C(=O)C12. The fraction of sp³-hybridized carbons (Fsp3) is 0.312. The number of anilines is 1. The Hall–Kier alpha value is -2.45. The van der Waals surface area contributed by atoms with E-state index in [0.29, 0.717) is 0 Å². The van der Waals surface area contributed by atoms with Gasteiger partial charge in [0, 0.05) is 6.92 Å². The number of benzene rings is 1. The number of hydrazone groups is 1. The zero-order valence-electron chi connectivity index (χ0n) is 13.7. The van der Waals surface area contributed by atoms with E-state index in [1.54, 1.807) is 6.92 Å². The molecule has 136 valence electrons. The molecule has 10 heteroatoms. The molecule has 0 saturated carbocycles. The van der Waals surface area contributed by atoms with E-state index in [4.69, 9.17) is 27.9 Å². The summed E-state index contributed by atoms with van der Waals surface area (Å²) in [4.78, 5) is 50.6. The van der Waals surface area contributed by atoms with Gasteiger partial charge in [-0.2, -0.15) is 5.10 Å². The number of amides is 3. The van der Waals surface area contributed by atoms with E-state index in [9.17, 15) is 19.2 Å². The van der Waals surface area contributed by atoms with E-state index in [0.717, 1.165) is 9.91 Å². The normalized spacial score (nSPS) is 21.8. The minimum Gasteiger partial charge on any atom is -0.461 e. The van der Waals surface area contributed by atoms with Gasteiger partial charge in [-0.15, -0.1) is 0 Å². The van der Waals surface area contributed by atoms with Gasteiger partial charge in [-0.25, -0.2) is 14.7 Å². The lowest BCUT2D eigenvalue weighted by Gasteiger charge is -2.19. The molecule has 1 aromatic rings. The number of rotatable bonds is 3. The molecule has 1 fully saturated rings. The molecule has 3 rings (SSSR count). The first-order valence-electron chi connectivity index (χ1n) is 7.66. The van der Waals surface area contributed by atoms with Crippen LogP contribution in [0.25, 0.3) is 0 Å². The van der Waals surface area contributed by atoms with Crippen molar-refractivity contribution in [3.05, 3.63) is 28.2 Å². The highest BCUT2D eigenvalue weighted by Crippen LogP contribution is 2.37. The molecule has 0 bridgehead atoms. The summed E-state index contributed by atoms with van der Waals surface area (Å²) >= 11 is 11.8. The number of ether oxygens (including phenoxy) is 1. The minimum absolute atomic E-state index is 0.0634. The number of carbonyl (C=O) groups excluding carboxylic acids is 4. The van der Waals surface area contributed by atoms with E-state index >= 15 is 0 Å². The third-order valence-electron chi connectivity index (χ3n) is 4.02. The summed E-state index contributed by atoms with van der Waals surface area (Å²) in [6.07, 6.45) is 0. The molecule has 8 nitrogen and oxygen atoms in total. The van der Waals surface area contributed by atoms with Crippen LogP contribution < -0.4 is 4.90 Å². The molecule has 0 spiro atoms. The van der Waals surface area contributed by atoms with Gasteiger partial charge in [-0.3, -0.25) is 14.4 Å². The van der Waals surface area contributed by atoms with E-state index in [1.807, 2.05) is 0 Å². The second kappa shape index (κ2) is 6.69. The molecule has 2 unspecified atom stereocenters. The average Bonchev–Trinajstić information content (AvgIpc) is 3.09. The van der Waals surface area contributed by atoms with Crippen LogP contribution >= 0.6 is 23.2 Å². The summed E-state index contributed by atoms with van der Waals surface area (Å²) < 4.78 is 4.89. The van der Waals surface area contributed by atoms with E-state index in [2.05, 4.69) is 5.10 Å². The summed E-state index contributed by atoms with van der Waals surface area (Å²) in [5.41, 5.74) is -0.0801. The van der Waals surface area contributed by atoms with Crippen LogP contribution in [0, 0.1) is 5.92 Å². The molecule has 3 amide bonds. The summed E-state index contributed by atoms with van der Waals surface area (Å²) in [7, 11) is 0. The predicted molar refractivity (Wildman–Crippen MR) is 92.8 cm³/mol. The second-order valence-corrected chi connectivity index (χ2v) is 6.42. The van der Waals surface area contributed by atoms with Crippen LogP contribution in [0.2, 0.25) is 10.0 Å². The number of carbonyl (C=O) groups is 4. The molecule has 26 heavy (non-hydrogen) atoms. The number of nitrogens with zero attached hydrogens (tertiary/aromatic N) is 3. The number of imide groups is 1. The second-order valence-electron chi connectivity index (χ2n) is 5.60. The van der Waals surface area contributed by atoms with Gasteiger partial charge in [0.1, 0.15) is 5.92 Å². The lowest BCUT2D eigenvalue weighted by atomic mass is 9.98. The number of halogens is 2. The van der Waals surface area contributed by atoms with Crippen molar-refractivity contribution in [3.63, 3.8) is 0 Å². The summed E-state index contributed by atoms with van der Waals surface area (Å²) in [6.45, 7) is 2.85. The Morgan fingerprint density at radius 2 is 1.88 bits per heavy atom. The van der Waals surface area contributed by atoms with Gasteiger partial charge in [0.05, 0.1) is 22.3 Å². The molecule has 2 aliphatic heterocycles. The third-order valence-corrected chi connectivity index (χ3v) is 4.76. The first kappa shape index (κ1) is 18.3. The molecule has 1 saturated heterocycles. The Labute approximate surface area is 158 Å². The molecule has 2 atom stereocenters. The molecule has 0 radical (unpaired) electrons. The molecule has 1 aromatic carbocycles. The highest BCUT2D eigenvalue weighted by molar-refractivity contribution is 6.47. The third kappa shape index (κ3) is 2.75. The Balaban J connectivity index is 2.05. The van der Waals surface area contributed by atoms with Crippen LogP contribution in [0.4, 0.5) is 5.69 Å². The zero-order valence-corrected chi connectivity index (χ0v) is 15.2. The number of esters is 1. The number of fused-ring (bicyclic) bond motifs is 1. The van der Waals surface area contributed by atoms with Crippen LogP contribution in [0.15, 0.2) is 23.3 Å². The van der Waals surface area contributed by atoms with Crippen molar-refractivity contribution in [2.24, 2.45) is 11.0 Å². The average molecular weight is 398 g/mol. The highest BCUT2D eigenvalue weighted by atomic mass is 35.5. The minimum atomic E-state index is -1.23. The van der Waals surface area contributed by atoms with Crippen molar-refractivity contribution in [1.82, 2.24) is 5.01 Å². The first-order chi connectivity index (χ1) is 12.3. The van der Waals surface area contributed by atoms with Gasteiger partial charge in [0.2, 0.25) is 11.8 Å². The van der Waals surface area contributed by atoms with Gasteiger partial charge >= 0.3 is 5.97 Å². The van der Waals surface area contributed by atoms with Crippen molar-refractivity contribution in [2.45, 2.75) is 19.9 Å². The fourth-order valence-corrected chi connectivity index (χ4v) is 3.22. The quantitative estimate of drug-likeness (QED) is 0.570. The molecule has 0 aromatic heterocycles. The summed E-state index contributed by atoms with van der Waals surface area (Å²) in [6, 6.07) is 3.02. The van der Waals surface area contributed by atoms with Crippen LogP contribution in [0.5, 0.6) is 0 Å². The van der Waals surface area contributed by atoms with Crippen molar-refractivity contribution < 1.29 is 23.9 Å². The van der Waals surface area contributed by atoms with E-state index in [-0.39, 0.29) is 28.1 Å². The topological polar surface area (TPSA) is 96.3 Å². The van der Waals surface area contributed by atoms with Crippen molar-refractivity contribution in [3.8, 4) is 0 Å². The maximum Gasteiger partial charge on any atom is 0.355 e. The van der Waals surface area contributed by atoms with Gasteiger partial charge < -0.3 is 4.74 Å². The van der Waals surface area contributed by atoms with Gasteiger partial charge in [0.25, 0.3) is 5.91 Å². The molecular formula is C16H13Cl2N3O5. The lowest BCUT2D eigenvalue weighted by molar-refractivity contribution is -0.136. The molecule has 0 N–H and O–H groups in total. The van der Waals surface area contributed by atoms with Gasteiger partial charge in [-0.05, 0) is 25.1 Å². The van der Waals surface area contributed by atoms with Crippen molar-refractivity contribution in [2.75, 3.05) is 11.5 Å². The van der Waals surface area contributed by atoms with Crippen molar-refractivity contribution in [1.29, 1.82) is 0 Å². The zero-order chi connectivity index (χ0) is 19.2. The Bertz CT molecular complexity index is 869. The fourth-order valence-electron chi connectivity index (χ4n) is 2.93. The van der Waals surface area contributed by atoms with Crippen LogP contribution in [0.3, 0.4) is 0 Å². The van der Waals surface area contributed by atoms with E-state index < -0.39 is 35.7 Å². The Kier molecular flexibility index (Phi) is 4.72. The summed E-state index contributed by atoms with van der Waals surface area (Å²) in [5, 5.41) is 5.12. The Morgan fingerprint density at radius 3 is 2.46 bits per heavy atom. The largest absolute Gasteiger partial charge is 0.461 e. The molecular weight excluding hydrogens is 385 g/mol. The predicted octanol–water partition coefficient (Wildman–Crippen LogP) is 1.63. The Morgan fingerprint density at radius 1 is 1.19 bits per heavy atom. The molecule has 2 aliphatic rings. The smallest absolute Gasteiger partial charge is 0.355 e. The van der Waals surface area contributed by atoms with Crippen LogP contribution in [-0.4, -0.2) is 47.1 Å². The first-order valence-corrected chi connectivity index (χ1v) is 8.41. The van der Waals surface area contributed by atoms with Crippen LogP contribution in [-0.2, 0) is 23.9 Å². The van der Waals surface area contributed by atoms with E-state index in [1.165, 1.54) is 25.1 Å². The molecule has 2 heterocycles. The highest BCUT2D eigenvalue weighted by Gasteiger charge is 2.59. The lowest BCUT2D eigenvalue weighted by Crippen LogP contribution is -2.41. The molecule has 0 aliphatic carbocycles. The maximum absolute atomic E-state index is 12.9. The number of hydrogen-bond donors (Lipinski definition) is 0. The monoisotopic (exact) mass is 397 g/mol. The van der Waals surface area contributed by atoms with Crippen LogP contribution in [0.1, 0.15) is 13.8 Å². The van der Waals surface area contributed by atoms with Gasteiger partial charge in [-0.1, -0.05) is 23.2 Å². The number of hydrogen-bond acceptors (Lipinski definition) is 6. The van der Waals surface area contributed by atoms with Gasteiger partial charge in [0.15, 0.2) is 11.8 Å².